The van der Waals surface area contributed by atoms with E-state index in [9.17, 15) is 19.5 Å². The molecule has 2 fully saturated rings. The minimum atomic E-state index is -1.73. The molecular weight excluding hydrogens is 721 g/mol. The summed E-state index contributed by atoms with van der Waals surface area (Å²) in [5.41, 5.74) is 3.76. The lowest BCUT2D eigenvalue weighted by Gasteiger charge is -2.36. The maximum Gasteiger partial charge on any atom is 0.330 e. The summed E-state index contributed by atoms with van der Waals surface area (Å²) in [5, 5.41) is 13.8. The van der Waals surface area contributed by atoms with Crippen molar-refractivity contribution in [2.45, 2.75) is 5.60 Å². The summed E-state index contributed by atoms with van der Waals surface area (Å²) >= 11 is 12.1. The van der Waals surface area contributed by atoms with Gasteiger partial charge in [-0.1, -0.05) is 108 Å². The molecule has 1 saturated heterocycles. The van der Waals surface area contributed by atoms with Gasteiger partial charge in [0.05, 0.1) is 39.8 Å². The fourth-order valence-corrected chi connectivity index (χ4v) is 8.51. The molecule has 2 bridgehead atoms. The van der Waals surface area contributed by atoms with Crippen LogP contribution < -0.4 is 0 Å². The van der Waals surface area contributed by atoms with Crippen LogP contribution in [0.3, 0.4) is 0 Å². The van der Waals surface area contributed by atoms with E-state index in [2.05, 4.69) is 4.98 Å². The highest BCUT2D eigenvalue weighted by Gasteiger charge is 2.66. The first-order valence-electron chi connectivity index (χ1n) is 17.5. The van der Waals surface area contributed by atoms with Crippen LogP contribution in [0.15, 0.2) is 151 Å². The number of halogens is 2. The molecular formula is C44H33Cl2N3O5. The van der Waals surface area contributed by atoms with Crippen LogP contribution >= 0.6 is 23.2 Å². The number of esters is 1. The van der Waals surface area contributed by atoms with Gasteiger partial charge in [0.15, 0.2) is 5.60 Å². The molecule has 10 heteroatoms. The molecule has 268 valence electrons. The number of nitrogens with zero attached hydrogens (tertiary/aromatic N) is 3. The quantitative estimate of drug-likeness (QED) is 0.0679. The van der Waals surface area contributed by atoms with Gasteiger partial charge in [-0.3, -0.25) is 24.5 Å². The molecule has 8 nitrogen and oxygen atoms in total. The first-order valence-corrected chi connectivity index (χ1v) is 18.3. The van der Waals surface area contributed by atoms with E-state index >= 15 is 0 Å². The highest BCUT2D eigenvalue weighted by atomic mass is 35.5. The molecule has 1 aliphatic heterocycles. The van der Waals surface area contributed by atoms with Gasteiger partial charge in [0.1, 0.15) is 6.61 Å². The van der Waals surface area contributed by atoms with Crippen LogP contribution in [0.5, 0.6) is 0 Å². The Kier molecular flexibility index (Phi) is 9.58. The molecule has 5 aromatic rings. The predicted molar refractivity (Wildman–Crippen MR) is 206 cm³/mol. The first kappa shape index (κ1) is 35.4. The van der Waals surface area contributed by atoms with Crippen molar-refractivity contribution in [1.29, 1.82) is 0 Å². The Morgan fingerprint density at radius 2 is 1.50 bits per heavy atom. The van der Waals surface area contributed by atoms with Crippen LogP contribution in [0.1, 0.15) is 28.1 Å². The lowest BCUT2D eigenvalue weighted by molar-refractivity contribution is -0.145. The number of imide groups is 1. The van der Waals surface area contributed by atoms with Gasteiger partial charge in [0.2, 0.25) is 11.8 Å². The van der Waals surface area contributed by atoms with Crippen LogP contribution in [0.2, 0.25) is 10.0 Å². The molecule has 0 spiro atoms. The number of amides is 2. The van der Waals surface area contributed by atoms with Crippen molar-refractivity contribution in [1.82, 2.24) is 14.9 Å². The Balaban J connectivity index is 1.17. The Morgan fingerprint density at radius 3 is 2.19 bits per heavy atom. The maximum absolute atomic E-state index is 14.6. The zero-order valence-electron chi connectivity index (χ0n) is 28.8. The van der Waals surface area contributed by atoms with Gasteiger partial charge >= 0.3 is 5.97 Å². The van der Waals surface area contributed by atoms with Crippen LogP contribution in [0.4, 0.5) is 0 Å². The van der Waals surface area contributed by atoms with E-state index < -0.39 is 35.2 Å². The second kappa shape index (κ2) is 14.6. The van der Waals surface area contributed by atoms with Gasteiger partial charge in [-0.15, -0.1) is 0 Å². The second-order valence-electron chi connectivity index (χ2n) is 13.4. The Morgan fingerprint density at radius 1 is 0.815 bits per heavy atom. The summed E-state index contributed by atoms with van der Waals surface area (Å²) in [6, 6.07) is 35.1. The average molecular weight is 755 g/mol. The third-order valence-corrected chi connectivity index (χ3v) is 11.2. The van der Waals surface area contributed by atoms with Gasteiger partial charge in [0.25, 0.3) is 0 Å². The monoisotopic (exact) mass is 753 g/mol. The van der Waals surface area contributed by atoms with E-state index in [1.807, 2.05) is 91.0 Å². The summed E-state index contributed by atoms with van der Waals surface area (Å²) in [7, 11) is 0. The molecule has 2 amide bonds. The summed E-state index contributed by atoms with van der Waals surface area (Å²) < 4.78 is 5.42. The van der Waals surface area contributed by atoms with Crippen molar-refractivity contribution < 1.29 is 24.2 Å². The minimum Gasteiger partial charge on any atom is -0.461 e. The fourth-order valence-electron chi connectivity index (χ4n) is 8.20. The van der Waals surface area contributed by atoms with Crippen LogP contribution in [-0.2, 0) is 24.7 Å². The first-order chi connectivity index (χ1) is 26.3. The topological polar surface area (TPSA) is 110 Å². The Bertz CT molecular complexity index is 2250. The molecule has 2 aromatic heterocycles. The lowest BCUT2D eigenvalue weighted by atomic mass is 9.71. The summed E-state index contributed by atoms with van der Waals surface area (Å²) in [5.74, 6) is -4.12. The standard InChI is InChI=1S/C44H33Cl2N3O5/c45-32-19-17-27(25-33(32)46)18-20-36(50)54-24-23-49-42(51)39-30-26-31(44(53,29-13-5-2-6-14-29)35-16-8-10-22-48-35)40(41(39)43(49)52)38(30)37(28-11-3-1-4-12-28)34-15-7-9-21-47-34/h1-22,25-26,30,39-41,53H,23-24H2. The van der Waals surface area contributed by atoms with Crippen LogP contribution in [-0.4, -0.2) is 50.9 Å². The number of aromatic nitrogens is 2. The number of hydrogen-bond acceptors (Lipinski definition) is 7. The minimum absolute atomic E-state index is 0.111. The lowest BCUT2D eigenvalue weighted by Crippen LogP contribution is -2.39. The second-order valence-corrected chi connectivity index (χ2v) is 14.2. The molecule has 5 unspecified atom stereocenters. The van der Waals surface area contributed by atoms with E-state index in [1.54, 1.807) is 48.8 Å². The number of rotatable bonds is 10. The average Bonchev–Trinajstić information content (AvgIpc) is 3.82. The summed E-state index contributed by atoms with van der Waals surface area (Å²) in [6.07, 6.45) is 8.11. The van der Waals surface area contributed by atoms with Crippen molar-refractivity contribution in [3.63, 3.8) is 0 Å². The third-order valence-electron chi connectivity index (χ3n) is 10.5. The highest BCUT2D eigenvalue weighted by Crippen LogP contribution is 2.64. The molecule has 3 aromatic carbocycles. The van der Waals surface area contributed by atoms with E-state index in [4.69, 9.17) is 32.9 Å². The molecule has 3 heterocycles. The van der Waals surface area contributed by atoms with Gasteiger partial charge in [-0.05, 0) is 70.3 Å². The zero-order valence-corrected chi connectivity index (χ0v) is 30.3. The zero-order chi connectivity index (χ0) is 37.4. The van der Waals surface area contributed by atoms with E-state index in [0.29, 0.717) is 38.1 Å². The number of hydrogen-bond donors (Lipinski definition) is 1. The van der Waals surface area contributed by atoms with Gasteiger partial charge in [0, 0.05) is 35.9 Å². The highest BCUT2D eigenvalue weighted by molar-refractivity contribution is 6.42. The molecule has 5 atom stereocenters. The largest absolute Gasteiger partial charge is 0.461 e. The number of benzene rings is 3. The SMILES string of the molecule is O=C(C=Cc1ccc(Cl)c(Cl)c1)OCCN1C(=O)C2C3C=C(C(O)(c4ccccc4)c4ccccn4)C(C3=C(c3ccccc3)c3ccccn3)C2C1=O. The summed E-state index contributed by atoms with van der Waals surface area (Å²) in [4.78, 5) is 52.1. The van der Waals surface area contributed by atoms with Gasteiger partial charge in [-0.25, -0.2) is 4.79 Å². The van der Waals surface area contributed by atoms with Crippen molar-refractivity contribution in [2.75, 3.05) is 13.2 Å². The molecule has 0 radical (unpaired) electrons. The van der Waals surface area contributed by atoms with Crippen molar-refractivity contribution in [3.8, 4) is 0 Å². The molecule has 8 rings (SSSR count). The molecule has 1 saturated carbocycles. The van der Waals surface area contributed by atoms with Gasteiger partial charge < -0.3 is 9.84 Å². The number of carbonyl (C=O) groups excluding carboxylic acids is 3. The molecule has 2 aliphatic carbocycles. The normalized spacial score (nSPS) is 22.3. The van der Waals surface area contributed by atoms with E-state index in [1.165, 1.54) is 11.0 Å². The third kappa shape index (κ3) is 6.16. The number of carbonyl (C=O) groups is 3. The maximum atomic E-state index is 14.6. The predicted octanol–water partition coefficient (Wildman–Crippen LogP) is 7.57. The number of allylic oxidation sites excluding steroid dienone is 2. The molecule has 54 heavy (non-hydrogen) atoms. The van der Waals surface area contributed by atoms with Crippen LogP contribution in [0, 0.1) is 23.7 Å². The van der Waals surface area contributed by atoms with Gasteiger partial charge in [-0.2, -0.15) is 0 Å². The number of pyridine rings is 2. The van der Waals surface area contributed by atoms with E-state index in [-0.39, 0.29) is 25.0 Å². The Hall–Kier alpha value is -5.67. The smallest absolute Gasteiger partial charge is 0.330 e. The molecule has 3 aliphatic rings. The number of fused-ring (bicyclic) bond motifs is 5. The van der Waals surface area contributed by atoms with Crippen molar-refractivity contribution in [3.05, 3.63) is 189 Å². The number of aliphatic hydroxyl groups is 1. The van der Waals surface area contributed by atoms with Crippen molar-refractivity contribution in [2.24, 2.45) is 23.7 Å². The number of likely N-dealkylation sites (tertiary alicyclic amines) is 1. The van der Waals surface area contributed by atoms with Crippen molar-refractivity contribution >= 4 is 52.6 Å². The summed E-state index contributed by atoms with van der Waals surface area (Å²) in [6.45, 7) is -0.301. The molecule has 1 N–H and O–H groups in total. The Labute approximate surface area is 322 Å². The number of ether oxygens (including phenoxy) is 1. The fraction of sp³-hybridized carbons (Fsp3) is 0.159. The van der Waals surface area contributed by atoms with E-state index in [0.717, 1.165) is 16.7 Å². The van der Waals surface area contributed by atoms with Crippen LogP contribution in [0.25, 0.3) is 11.6 Å².